The molecule has 0 aromatic carbocycles. The third kappa shape index (κ3) is 2.36. The Kier molecular flexibility index (Phi) is 3.98. The maximum Gasteiger partial charge on any atom is 0.249 e. The van der Waals surface area contributed by atoms with Gasteiger partial charge in [-0.15, -0.1) is 0 Å². The van der Waals surface area contributed by atoms with Crippen LogP contribution in [0.3, 0.4) is 0 Å². The Hall–Kier alpha value is -1.06. The Balaban J connectivity index is 1.88. The molecule has 1 N–H and O–H groups in total. The van der Waals surface area contributed by atoms with Gasteiger partial charge in [0.25, 0.3) is 0 Å². The van der Waals surface area contributed by atoms with Crippen molar-refractivity contribution in [3.05, 3.63) is 0 Å². The average molecular weight is 292 g/mol. The van der Waals surface area contributed by atoms with Crippen LogP contribution in [0, 0.1) is 5.92 Å². The molecule has 3 fully saturated rings. The van der Waals surface area contributed by atoms with Gasteiger partial charge < -0.3 is 10.2 Å². The molecule has 0 aromatic heterocycles. The summed E-state index contributed by atoms with van der Waals surface area (Å²) in [7, 11) is 0. The minimum Gasteiger partial charge on any atom is -0.340 e. The fourth-order valence-electron chi connectivity index (χ4n) is 4.72. The molecule has 0 aromatic rings. The fourth-order valence-corrected chi connectivity index (χ4v) is 4.72. The highest BCUT2D eigenvalue weighted by Gasteiger charge is 2.53. The summed E-state index contributed by atoms with van der Waals surface area (Å²) in [5.74, 6) is 0.849. The SMILES string of the molecule is CCC1C(=O)NC2(CCCC2)C(=O)N1C(C)C1CCCC1. The molecule has 1 saturated heterocycles. The molecule has 118 valence electrons. The molecule has 2 atom stereocenters. The second-order valence-electron chi connectivity index (χ2n) is 7.20. The molecule has 4 nitrogen and oxygen atoms in total. The molecular weight excluding hydrogens is 264 g/mol. The highest BCUT2D eigenvalue weighted by molar-refractivity contribution is 6.00. The predicted octanol–water partition coefficient (Wildman–Crippen LogP) is 2.61. The highest BCUT2D eigenvalue weighted by atomic mass is 16.2. The van der Waals surface area contributed by atoms with Gasteiger partial charge >= 0.3 is 0 Å². The van der Waals surface area contributed by atoms with E-state index < -0.39 is 5.54 Å². The van der Waals surface area contributed by atoms with Gasteiger partial charge in [0, 0.05) is 6.04 Å². The Bertz CT molecular complexity index is 423. The van der Waals surface area contributed by atoms with Gasteiger partial charge in [-0.2, -0.15) is 0 Å². The molecule has 2 saturated carbocycles. The number of carbonyl (C=O) groups is 2. The first kappa shape index (κ1) is 14.9. The van der Waals surface area contributed by atoms with Crippen molar-refractivity contribution in [2.24, 2.45) is 5.92 Å². The van der Waals surface area contributed by atoms with Crippen LogP contribution in [0.25, 0.3) is 0 Å². The van der Waals surface area contributed by atoms with Gasteiger partial charge in [-0.05, 0) is 44.9 Å². The van der Waals surface area contributed by atoms with Crippen molar-refractivity contribution in [3.63, 3.8) is 0 Å². The summed E-state index contributed by atoms with van der Waals surface area (Å²) in [6.45, 7) is 4.18. The van der Waals surface area contributed by atoms with Crippen LogP contribution in [0.15, 0.2) is 0 Å². The van der Waals surface area contributed by atoms with E-state index in [1.165, 1.54) is 25.7 Å². The maximum atomic E-state index is 13.2. The van der Waals surface area contributed by atoms with Gasteiger partial charge in [0.2, 0.25) is 11.8 Å². The molecule has 21 heavy (non-hydrogen) atoms. The number of piperazine rings is 1. The molecule has 2 unspecified atom stereocenters. The van der Waals surface area contributed by atoms with E-state index in [1.54, 1.807) is 0 Å². The lowest BCUT2D eigenvalue weighted by atomic mass is 9.86. The van der Waals surface area contributed by atoms with Gasteiger partial charge in [-0.3, -0.25) is 9.59 Å². The van der Waals surface area contributed by atoms with E-state index in [0.29, 0.717) is 12.3 Å². The molecule has 0 bridgehead atoms. The van der Waals surface area contributed by atoms with E-state index >= 15 is 0 Å². The fraction of sp³-hybridized carbons (Fsp3) is 0.882. The predicted molar refractivity (Wildman–Crippen MR) is 81.7 cm³/mol. The van der Waals surface area contributed by atoms with Crippen molar-refractivity contribution >= 4 is 11.8 Å². The summed E-state index contributed by atoms with van der Waals surface area (Å²) >= 11 is 0. The molecule has 4 heteroatoms. The van der Waals surface area contributed by atoms with Crippen molar-refractivity contribution in [1.82, 2.24) is 10.2 Å². The number of amides is 2. The number of carbonyl (C=O) groups excluding carboxylic acids is 2. The van der Waals surface area contributed by atoms with Crippen molar-refractivity contribution in [2.75, 3.05) is 0 Å². The number of rotatable bonds is 3. The normalized spacial score (nSPS) is 31.0. The Labute approximate surface area is 127 Å². The largest absolute Gasteiger partial charge is 0.340 e. The summed E-state index contributed by atoms with van der Waals surface area (Å²) in [5, 5.41) is 3.09. The van der Waals surface area contributed by atoms with Crippen LogP contribution in [0.5, 0.6) is 0 Å². The maximum absolute atomic E-state index is 13.2. The van der Waals surface area contributed by atoms with Crippen LogP contribution in [0.4, 0.5) is 0 Å². The van der Waals surface area contributed by atoms with Crippen LogP contribution >= 0.6 is 0 Å². The summed E-state index contributed by atoms with van der Waals surface area (Å²) in [5.41, 5.74) is -0.574. The first-order chi connectivity index (χ1) is 10.1. The Morgan fingerprint density at radius 2 is 1.81 bits per heavy atom. The summed E-state index contributed by atoms with van der Waals surface area (Å²) in [4.78, 5) is 27.7. The first-order valence-electron chi connectivity index (χ1n) is 8.74. The number of hydrogen-bond acceptors (Lipinski definition) is 2. The lowest BCUT2D eigenvalue weighted by Gasteiger charge is -2.48. The zero-order chi connectivity index (χ0) is 15.0. The second-order valence-corrected chi connectivity index (χ2v) is 7.20. The Morgan fingerprint density at radius 3 is 2.38 bits per heavy atom. The molecular formula is C17H28N2O2. The van der Waals surface area contributed by atoms with Gasteiger partial charge in [0.1, 0.15) is 11.6 Å². The number of hydrogen-bond donors (Lipinski definition) is 1. The molecule has 2 aliphatic carbocycles. The third-order valence-corrected chi connectivity index (χ3v) is 6.01. The molecule has 0 radical (unpaired) electrons. The standard InChI is InChI=1S/C17H28N2O2/c1-3-14-15(20)18-17(10-6-7-11-17)16(21)19(14)12(2)13-8-4-5-9-13/h12-14H,3-11H2,1-2H3,(H,18,20). The van der Waals surface area contributed by atoms with Crippen LogP contribution in [-0.2, 0) is 9.59 Å². The van der Waals surface area contributed by atoms with Crippen LogP contribution < -0.4 is 5.32 Å². The number of nitrogens with zero attached hydrogens (tertiary/aromatic N) is 1. The minimum atomic E-state index is -0.574. The van der Waals surface area contributed by atoms with Gasteiger partial charge in [0.15, 0.2) is 0 Å². The smallest absolute Gasteiger partial charge is 0.249 e. The quantitative estimate of drug-likeness (QED) is 0.869. The number of nitrogens with one attached hydrogen (secondary N) is 1. The zero-order valence-electron chi connectivity index (χ0n) is 13.4. The van der Waals surface area contributed by atoms with Crippen LogP contribution in [-0.4, -0.2) is 34.3 Å². The molecule has 3 aliphatic rings. The molecule has 3 rings (SSSR count). The van der Waals surface area contributed by atoms with Crippen molar-refractivity contribution in [2.45, 2.75) is 89.3 Å². The van der Waals surface area contributed by atoms with E-state index in [4.69, 9.17) is 0 Å². The van der Waals surface area contributed by atoms with Crippen LogP contribution in [0.1, 0.15) is 71.6 Å². The van der Waals surface area contributed by atoms with E-state index in [2.05, 4.69) is 12.2 Å². The molecule has 1 heterocycles. The minimum absolute atomic E-state index is 0.0730. The van der Waals surface area contributed by atoms with E-state index in [1.807, 2.05) is 11.8 Å². The topological polar surface area (TPSA) is 49.4 Å². The third-order valence-electron chi connectivity index (χ3n) is 6.01. The molecule has 1 spiro atoms. The second kappa shape index (κ2) is 5.62. The van der Waals surface area contributed by atoms with E-state index in [0.717, 1.165) is 25.7 Å². The summed E-state index contributed by atoms with van der Waals surface area (Å²) in [6, 6.07) is -0.0622. The Morgan fingerprint density at radius 1 is 1.19 bits per heavy atom. The van der Waals surface area contributed by atoms with E-state index in [9.17, 15) is 9.59 Å². The lowest BCUT2D eigenvalue weighted by molar-refractivity contribution is -0.159. The van der Waals surface area contributed by atoms with Crippen molar-refractivity contribution in [1.29, 1.82) is 0 Å². The highest BCUT2D eigenvalue weighted by Crippen LogP contribution is 2.39. The van der Waals surface area contributed by atoms with Gasteiger partial charge in [-0.1, -0.05) is 32.6 Å². The zero-order valence-corrected chi connectivity index (χ0v) is 13.4. The first-order valence-corrected chi connectivity index (χ1v) is 8.74. The summed E-state index contributed by atoms with van der Waals surface area (Å²) in [6.07, 6.45) is 9.40. The molecule has 2 amide bonds. The van der Waals surface area contributed by atoms with Gasteiger partial charge in [-0.25, -0.2) is 0 Å². The van der Waals surface area contributed by atoms with Crippen LogP contribution in [0.2, 0.25) is 0 Å². The average Bonchev–Trinajstić information content (AvgIpc) is 3.13. The van der Waals surface area contributed by atoms with Crippen molar-refractivity contribution < 1.29 is 9.59 Å². The molecule has 1 aliphatic heterocycles. The van der Waals surface area contributed by atoms with Crippen molar-refractivity contribution in [3.8, 4) is 0 Å². The lowest BCUT2D eigenvalue weighted by Crippen LogP contribution is -2.71. The van der Waals surface area contributed by atoms with E-state index in [-0.39, 0.29) is 23.9 Å². The summed E-state index contributed by atoms with van der Waals surface area (Å²) < 4.78 is 0. The monoisotopic (exact) mass is 292 g/mol. The van der Waals surface area contributed by atoms with Gasteiger partial charge in [0.05, 0.1) is 0 Å².